The Morgan fingerprint density at radius 3 is 1.20 bits per heavy atom. The van der Waals surface area contributed by atoms with Crippen molar-refractivity contribution in [1.82, 2.24) is 42.8 Å². The molecule has 0 spiro atoms. The zero-order chi connectivity index (χ0) is 90.7. The van der Waals surface area contributed by atoms with Gasteiger partial charge in [0.15, 0.2) is 11.6 Å². The second-order valence-corrected chi connectivity index (χ2v) is 37.5. The molecule has 0 bridgehead atoms. The van der Waals surface area contributed by atoms with Crippen LogP contribution in [0.25, 0.3) is 270 Å². The van der Waals surface area contributed by atoms with Crippen molar-refractivity contribution >= 4 is 185 Å². The van der Waals surface area contributed by atoms with Crippen LogP contribution in [0.1, 0.15) is 25.0 Å². The average molecular weight is 1760 g/mol. The fourth-order valence-electron chi connectivity index (χ4n) is 23.5. The van der Waals surface area contributed by atoms with Gasteiger partial charge in [0, 0.05) is 120 Å². The molecule has 138 heavy (non-hydrogen) atoms. The second kappa shape index (κ2) is 29.9. The molecule has 0 saturated heterocycles. The Hall–Kier alpha value is -18.2. The molecule has 30 rings (SSSR count). The summed E-state index contributed by atoms with van der Waals surface area (Å²) < 4.78 is 12.2. The fourth-order valence-corrected chi connectivity index (χ4v) is 23.5. The maximum atomic E-state index is 5.58. The van der Waals surface area contributed by atoms with Gasteiger partial charge in [0.1, 0.15) is 0 Å². The lowest BCUT2D eigenvalue weighted by molar-refractivity contribution is 0.661. The molecular formula is C129H81N9. The monoisotopic (exact) mass is 1760 g/mol. The van der Waals surface area contributed by atoms with Gasteiger partial charge in [0.2, 0.25) is 0 Å². The van der Waals surface area contributed by atoms with E-state index in [4.69, 9.17) is 19.9 Å². The van der Waals surface area contributed by atoms with Gasteiger partial charge in [-0.1, -0.05) is 323 Å². The van der Waals surface area contributed by atoms with Gasteiger partial charge in [-0.15, -0.1) is 0 Å². The molecule has 7 heterocycles. The molecular weight excluding hydrogens is 1680 g/mol. The summed E-state index contributed by atoms with van der Waals surface area (Å²) in [7, 11) is 0. The number of nitrogens with zero attached hydrogens (tertiary/aromatic N) is 9. The van der Waals surface area contributed by atoms with E-state index in [1.165, 1.54) is 147 Å². The Bertz CT molecular complexity index is 10300. The summed E-state index contributed by atoms with van der Waals surface area (Å²) in [6, 6.07) is 166. The molecule has 0 amide bonds. The quantitative estimate of drug-likeness (QED) is 0.144. The van der Waals surface area contributed by atoms with E-state index < -0.39 is 0 Å². The van der Waals surface area contributed by atoms with Crippen LogP contribution in [0.4, 0.5) is 0 Å². The molecule has 0 unspecified atom stereocenters. The summed E-state index contributed by atoms with van der Waals surface area (Å²) >= 11 is 0. The Labute approximate surface area is 792 Å². The largest absolute Gasteiger partial charge is 0.309 e. The summed E-state index contributed by atoms with van der Waals surface area (Å²) in [6.45, 7) is 4.65. The standard InChI is InChI=1S/C68H41N5.C61H40N4/c1-2-20-48(21-3-1)71-59-28-14-11-24-52(59)56-38-46(31-34-61(56)71)68-69-58-27-13-10-25-54(58)67(70-68)47-36-45-19-7-8-22-50(45)63(40-47)73-64-39-44-18-5-4-17-43(44)37-57(64)53-33-32-49(41-65(53)73)72-60-29-15-12-26-55(60)66-51-23-9-6-16-42(51)30-35-62(66)72;1-61(2)51-23-10-7-18-44(51)46-21-13-22-49(58(46)61)60-62-52-24-11-8-19-47(52)59(63-60)38-26-29-41(30-27-38)64-55-35-40-16-4-3-15-39(40)34-50(55)45-32-31-42(36-56(45)64)65-53-25-12-9-20-48(53)57-43-17-6-5-14-37(43)28-33-54(57)65/h1-41H;3-36H,1-2H3. The van der Waals surface area contributed by atoms with Crippen molar-refractivity contribution in [3.8, 4) is 84.9 Å². The Morgan fingerprint density at radius 1 is 0.188 bits per heavy atom. The fraction of sp³-hybridized carbons (Fsp3) is 0.0233. The van der Waals surface area contributed by atoms with E-state index in [0.29, 0.717) is 5.82 Å². The van der Waals surface area contributed by atoms with Gasteiger partial charge in [-0.25, -0.2) is 19.9 Å². The molecule has 1 aliphatic carbocycles. The number of aromatic nitrogens is 9. The number of hydrogen-bond acceptors (Lipinski definition) is 4. The molecule has 29 aromatic rings. The van der Waals surface area contributed by atoms with Crippen LogP contribution in [0.5, 0.6) is 0 Å². The molecule has 9 nitrogen and oxygen atoms in total. The summed E-state index contributed by atoms with van der Waals surface area (Å²) in [5, 5.41) is 26.5. The zero-order valence-electron chi connectivity index (χ0n) is 75.3. The molecule has 22 aromatic carbocycles. The van der Waals surface area contributed by atoms with Gasteiger partial charge in [-0.2, -0.15) is 0 Å². The van der Waals surface area contributed by atoms with Gasteiger partial charge in [0.05, 0.1) is 83.3 Å². The van der Waals surface area contributed by atoms with Crippen LogP contribution < -0.4 is 0 Å². The van der Waals surface area contributed by atoms with Crippen LogP contribution in [-0.2, 0) is 5.41 Å². The second-order valence-electron chi connectivity index (χ2n) is 37.5. The van der Waals surface area contributed by atoms with E-state index in [9.17, 15) is 0 Å². The van der Waals surface area contributed by atoms with Crippen molar-refractivity contribution in [2.75, 3.05) is 0 Å². The van der Waals surface area contributed by atoms with E-state index in [-0.39, 0.29) is 5.41 Å². The first-order valence-electron chi connectivity index (χ1n) is 47.5. The lowest BCUT2D eigenvalue weighted by Crippen LogP contribution is -2.16. The molecule has 0 fully saturated rings. The van der Waals surface area contributed by atoms with Crippen molar-refractivity contribution < 1.29 is 0 Å². The van der Waals surface area contributed by atoms with Crippen LogP contribution in [0, 0.1) is 0 Å². The maximum absolute atomic E-state index is 5.58. The topological polar surface area (TPSA) is 76.2 Å². The van der Waals surface area contributed by atoms with E-state index >= 15 is 0 Å². The highest BCUT2D eigenvalue weighted by atomic mass is 15.0. The third kappa shape index (κ3) is 11.6. The number of para-hydroxylation sites is 6. The third-order valence-corrected chi connectivity index (χ3v) is 29.6. The summed E-state index contributed by atoms with van der Waals surface area (Å²) in [6.07, 6.45) is 0. The third-order valence-electron chi connectivity index (χ3n) is 29.6. The molecule has 0 N–H and O–H groups in total. The summed E-state index contributed by atoms with van der Waals surface area (Å²) in [5.74, 6) is 1.44. The smallest absolute Gasteiger partial charge is 0.160 e. The van der Waals surface area contributed by atoms with Crippen molar-refractivity contribution in [2.24, 2.45) is 0 Å². The first kappa shape index (κ1) is 77.4. The van der Waals surface area contributed by atoms with Crippen LogP contribution in [0.15, 0.2) is 455 Å². The maximum Gasteiger partial charge on any atom is 0.160 e. The molecule has 1 aliphatic rings. The van der Waals surface area contributed by atoms with Crippen LogP contribution >= 0.6 is 0 Å². The van der Waals surface area contributed by atoms with Gasteiger partial charge < -0.3 is 22.8 Å². The molecule has 0 atom stereocenters. The molecule has 0 saturated carbocycles. The van der Waals surface area contributed by atoms with Gasteiger partial charge in [-0.05, 0) is 216 Å². The highest BCUT2D eigenvalue weighted by Gasteiger charge is 2.38. The van der Waals surface area contributed by atoms with Crippen LogP contribution in [0.2, 0.25) is 0 Å². The Morgan fingerprint density at radius 2 is 0.580 bits per heavy atom. The Balaban J connectivity index is 0.000000134. The average Bonchev–Trinajstić information content (AvgIpc) is 1.56. The van der Waals surface area contributed by atoms with E-state index in [2.05, 4.69) is 492 Å². The van der Waals surface area contributed by atoms with E-state index in [1.807, 2.05) is 0 Å². The first-order valence-corrected chi connectivity index (χ1v) is 47.5. The number of rotatable bonds is 9. The molecule has 642 valence electrons. The van der Waals surface area contributed by atoms with Crippen molar-refractivity contribution in [2.45, 2.75) is 19.3 Å². The van der Waals surface area contributed by atoms with Crippen molar-refractivity contribution in [3.05, 3.63) is 466 Å². The highest BCUT2D eigenvalue weighted by Crippen LogP contribution is 2.53. The lowest BCUT2D eigenvalue weighted by Gasteiger charge is -2.24. The van der Waals surface area contributed by atoms with Crippen LogP contribution in [0.3, 0.4) is 0 Å². The zero-order valence-corrected chi connectivity index (χ0v) is 75.3. The lowest BCUT2D eigenvalue weighted by atomic mass is 9.80. The molecule has 0 aliphatic heterocycles. The van der Waals surface area contributed by atoms with Crippen molar-refractivity contribution in [3.63, 3.8) is 0 Å². The predicted molar refractivity (Wildman–Crippen MR) is 578 cm³/mol. The van der Waals surface area contributed by atoms with Gasteiger partial charge >= 0.3 is 0 Å². The molecule has 7 aromatic heterocycles. The minimum atomic E-state index is -0.192. The summed E-state index contributed by atoms with van der Waals surface area (Å²) in [5.41, 5.74) is 30.0. The number of benzene rings is 22. The molecule has 0 radical (unpaired) electrons. The summed E-state index contributed by atoms with van der Waals surface area (Å²) in [4.78, 5) is 21.6. The van der Waals surface area contributed by atoms with E-state index in [1.54, 1.807) is 0 Å². The minimum Gasteiger partial charge on any atom is -0.309 e. The normalized spacial score (nSPS) is 12.6. The first-order chi connectivity index (χ1) is 68.2. The van der Waals surface area contributed by atoms with Gasteiger partial charge in [-0.3, -0.25) is 0 Å². The Kier molecular flexibility index (Phi) is 16.8. The molecule has 9 heteroatoms. The van der Waals surface area contributed by atoms with Crippen LogP contribution in [-0.4, -0.2) is 42.8 Å². The van der Waals surface area contributed by atoms with Crippen molar-refractivity contribution in [1.29, 1.82) is 0 Å². The van der Waals surface area contributed by atoms with Gasteiger partial charge in [0.25, 0.3) is 0 Å². The minimum absolute atomic E-state index is 0.192. The number of hydrogen-bond donors (Lipinski definition) is 0. The predicted octanol–water partition coefficient (Wildman–Crippen LogP) is 33.5. The highest BCUT2D eigenvalue weighted by molar-refractivity contribution is 6.25. The SMILES string of the molecule is CC1(C)c2ccccc2-c2cccc(-c3nc(-c4ccc(-n5c6cc(-n7c8ccccc8c8c9ccccc9ccc87)ccc6c6cc7ccccc7cc65)cc4)c4ccccc4n3)c21.c1ccc(-n2c3ccccc3c3cc(-c4nc(-c5cc(-n6c7cc(-n8c9ccccc9c9c%10ccccc%10ccc98)ccc7c7cc8ccccc8cc76)c6ccccc6c5)c5ccccc5n4)ccc32)cc1. The van der Waals surface area contributed by atoms with E-state index in [0.717, 1.165) is 128 Å². The number of fused-ring (bicyclic) bond motifs is 27.